The van der Waals surface area contributed by atoms with Crippen LogP contribution in [-0.2, 0) is 6.42 Å². The van der Waals surface area contributed by atoms with Crippen molar-refractivity contribution in [3.63, 3.8) is 0 Å². The summed E-state index contributed by atoms with van der Waals surface area (Å²) in [6.45, 7) is 7.23. The molecule has 0 saturated carbocycles. The number of rotatable bonds is 5. The smallest absolute Gasteiger partial charge is 0.317 e. The number of carbonyl (C=O) groups excluding carboxylic acids is 1. The van der Waals surface area contributed by atoms with E-state index in [1.165, 1.54) is 0 Å². The van der Waals surface area contributed by atoms with Crippen LogP contribution in [0.5, 0.6) is 11.5 Å². The fourth-order valence-electron chi connectivity index (χ4n) is 2.18. The van der Waals surface area contributed by atoms with E-state index in [4.69, 9.17) is 9.47 Å². The van der Waals surface area contributed by atoms with Crippen LogP contribution < -0.4 is 14.8 Å². The molecule has 0 spiro atoms. The Bertz CT molecular complexity index is 458. The topological polar surface area (TPSA) is 50.8 Å². The van der Waals surface area contributed by atoms with Gasteiger partial charge in [-0.1, -0.05) is 6.07 Å². The second kappa shape index (κ2) is 7.03. The number of amides is 2. The maximum Gasteiger partial charge on any atom is 0.317 e. The Morgan fingerprint density at radius 2 is 1.90 bits per heavy atom. The number of carbonyl (C=O) groups is 1. The molecule has 0 aliphatic carbocycles. The van der Waals surface area contributed by atoms with Gasteiger partial charge < -0.3 is 19.7 Å². The van der Waals surface area contributed by atoms with Crippen molar-refractivity contribution in [2.24, 2.45) is 0 Å². The van der Waals surface area contributed by atoms with E-state index in [-0.39, 0.29) is 6.03 Å². The number of nitrogens with one attached hydrogen (secondary N) is 1. The maximum absolute atomic E-state index is 11.8. The quantitative estimate of drug-likeness (QED) is 0.897. The molecule has 5 heteroatoms. The summed E-state index contributed by atoms with van der Waals surface area (Å²) in [5.74, 6) is 1.59. The summed E-state index contributed by atoms with van der Waals surface area (Å²) in [5, 5.41) is 2.93. The SMILES string of the molecule is CCN(CC)C(=O)NCCc1ccc2c(c1)OCCO2. The second-order valence-corrected chi connectivity index (χ2v) is 4.63. The van der Waals surface area contributed by atoms with Gasteiger partial charge in [-0.15, -0.1) is 0 Å². The zero-order valence-corrected chi connectivity index (χ0v) is 12.1. The average molecular weight is 278 g/mol. The lowest BCUT2D eigenvalue weighted by Gasteiger charge is -2.20. The number of benzene rings is 1. The highest BCUT2D eigenvalue weighted by atomic mass is 16.6. The lowest BCUT2D eigenvalue weighted by atomic mass is 10.1. The third-order valence-electron chi connectivity index (χ3n) is 3.35. The highest BCUT2D eigenvalue weighted by Crippen LogP contribution is 2.30. The van der Waals surface area contributed by atoms with Gasteiger partial charge in [-0.3, -0.25) is 0 Å². The molecule has 0 saturated heterocycles. The Hall–Kier alpha value is -1.91. The molecule has 0 fully saturated rings. The van der Waals surface area contributed by atoms with Crippen LogP contribution in [0.2, 0.25) is 0 Å². The van der Waals surface area contributed by atoms with Gasteiger partial charge in [-0.25, -0.2) is 4.79 Å². The maximum atomic E-state index is 11.8. The first-order chi connectivity index (χ1) is 9.74. The van der Waals surface area contributed by atoms with Crippen molar-refractivity contribution in [1.29, 1.82) is 0 Å². The molecule has 0 aromatic heterocycles. The van der Waals surface area contributed by atoms with Crippen molar-refractivity contribution >= 4 is 6.03 Å². The van der Waals surface area contributed by atoms with Gasteiger partial charge in [0.2, 0.25) is 0 Å². The van der Waals surface area contributed by atoms with Crippen molar-refractivity contribution in [2.75, 3.05) is 32.8 Å². The molecule has 20 heavy (non-hydrogen) atoms. The summed E-state index contributed by atoms with van der Waals surface area (Å²) in [7, 11) is 0. The minimum absolute atomic E-state index is 0.00690. The fraction of sp³-hybridized carbons (Fsp3) is 0.533. The van der Waals surface area contributed by atoms with Crippen LogP contribution >= 0.6 is 0 Å². The van der Waals surface area contributed by atoms with E-state index in [2.05, 4.69) is 5.32 Å². The standard InChI is InChI=1S/C15H22N2O3/c1-3-17(4-2)15(18)16-8-7-12-5-6-13-14(11-12)20-10-9-19-13/h5-6,11H,3-4,7-10H2,1-2H3,(H,16,18). The molecule has 2 amide bonds. The van der Waals surface area contributed by atoms with E-state index in [1.807, 2.05) is 32.0 Å². The first-order valence-corrected chi connectivity index (χ1v) is 7.16. The summed E-state index contributed by atoms with van der Waals surface area (Å²) in [4.78, 5) is 13.6. The highest BCUT2D eigenvalue weighted by molar-refractivity contribution is 5.74. The van der Waals surface area contributed by atoms with Gasteiger partial charge in [0.15, 0.2) is 11.5 Å². The van der Waals surface area contributed by atoms with E-state index >= 15 is 0 Å². The van der Waals surface area contributed by atoms with Crippen LogP contribution in [0.15, 0.2) is 18.2 Å². The average Bonchev–Trinajstić information content (AvgIpc) is 2.48. The zero-order valence-electron chi connectivity index (χ0n) is 12.1. The van der Waals surface area contributed by atoms with Gasteiger partial charge in [0.25, 0.3) is 0 Å². The van der Waals surface area contributed by atoms with Crippen LogP contribution in [0, 0.1) is 0 Å². The zero-order chi connectivity index (χ0) is 14.4. The van der Waals surface area contributed by atoms with Crippen LogP contribution in [0.3, 0.4) is 0 Å². The molecule has 0 atom stereocenters. The van der Waals surface area contributed by atoms with Crippen molar-refractivity contribution in [2.45, 2.75) is 20.3 Å². The van der Waals surface area contributed by atoms with Crippen molar-refractivity contribution in [1.82, 2.24) is 10.2 Å². The molecule has 0 unspecified atom stereocenters. The molecular formula is C15H22N2O3. The molecule has 2 rings (SSSR count). The Labute approximate surface area is 119 Å². The summed E-state index contributed by atoms with van der Waals surface area (Å²) < 4.78 is 11.0. The molecule has 110 valence electrons. The van der Waals surface area contributed by atoms with Gasteiger partial charge in [-0.05, 0) is 38.0 Å². The van der Waals surface area contributed by atoms with Crippen molar-refractivity contribution in [3.05, 3.63) is 23.8 Å². The Kier molecular flexibility index (Phi) is 5.09. The Balaban J connectivity index is 1.84. The van der Waals surface area contributed by atoms with Crippen LogP contribution in [0.4, 0.5) is 4.79 Å². The number of ether oxygens (including phenoxy) is 2. The van der Waals surface area contributed by atoms with Crippen molar-refractivity contribution < 1.29 is 14.3 Å². The minimum atomic E-state index is -0.00690. The number of hydrogen-bond acceptors (Lipinski definition) is 3. The Morgan fingerprint density at radius 3 is 2.60 bits per heavy atom. The summed E-state index contributed by atoms with van der Waals surface area (Å²) in [6.07, 6.45) is 0.781. The summed E-state index contributed by atoms with van der Waals surface area (Å²) in [6, 6.07) is 5.91. The van der Waals surface area contributed by atoms with Gasteiger partial charge >= 0.3 is 6.03 Å². The van der Waals surface area contributed by atoms with Crippen LogP contribution in [-0.4, -0.2) is 43.8 Å². The molecule has 1 aromatic rings. The third kappa shape index (κ3) is 3.56. The summed E-state index contributed by atoms with van der Waals surface area (Å²) in [5.41, 5.74) is 1.13. The Morgan fingerprint density at radius 1 is 1.20 bits per heavy atom. The molecule has 1 heterocycles. The van der Waals surface area contributed by atoms with E-state index in [0.29, 0.717) is 19.8 Å². The molecule has 1 aliphatic heterocycles. The van der Waals surface area contributed by atoms with Gasteiger partial charge in [0.1, 0.15) is 13.2 Å². The number of nitrogens with zero attached hydrogens (tertiary/aromatic N) is 1. The molecule has 0 bridgehead atoms. The number of urea groups is 1. The van der Waals surface area contributed by atoms with Gasteiger partial charge in [0.05, 0.1) is 0 Å². The molecule has 0 radical (unpaired) electrons. The molecular weight excluding hydrogens is 256 g/mol. The monoisotopic (exact) mass is 278 g/mol. The predicted molar refractivity (Wildman–Crippen MR) is 77.5 cm³/mol. The first-order valence-electron chi connectivity index (χ1n) is 7.16. The van der Waals surface area contributed by atoms with Gasteiger partial charge in [-0.2, -0.15) is 0 Å². The molecule has 1 aliphatic rings. The summed E-state index contributed by atoms with van der Waals surface area (Å²) >= 11 is 0. The largest absolute Gasteiger partial charge is 0.486 e. The molecule has 5 nitrogen and oxygen atoms in total. The minimum Gasteiger partial charge on any atom is -0.486 e. The lowest BCUT2D eigenvalue weighted by Crippen LogP contribution is -2.40. The number of hydrogen-bond donors (Lipinski definition) is 1. The molecule has 1 aromatic carbocycles. The normalized spacial score (nSPS) is 12.9. The van der Waals surface area contributed by atoms with E-state index < -0.39 is 0 Å². The fourth-order valence-corrected chi connectivity index (χ4v) is 2.18. The predicted octanol–water partition coefficient (Wildman–Crippen LogP) is 2.05. The van der Waals surface area contributed by atoms with Crippen LogP contribution in [0.25, 0.3) is 0 Å². The van der Waals surface area contributed by atoms with Crippen molar-refractivity contribution in [3.8, 4) is 11.5 Å². The van der Waals surface area contributed by atoms with Crippen LogP contribution in [0.1, 0.15) is 19.4 Å². The molecule has 1 N–H and O–H groups in total. The lowest BCUT2D eigenvalue weighted by molar-refractivity contribution is 0.171. The van der Waals surface area contributed by atoms with E-state index in [0.717, 1.165) is 36.6 Å². The first kappa shape index (κ1) is 14.5. The third-order valence-corrected chi connectivity index (χ3v) is 3.35. The van der Waals surface area contributed by atoms with E-state index in [1.54, 1.807) is 4.90 Å². The van der Waals surface area contributed by atoms with Gasteiger partial charge in [0, 0.05) is 19.6 Å². The number of fused-ring (bicyclic) bond motifs is 1. The highest BCUT2D eigenvalue weighted by Gasteiger charge is 2.12. The van der Waals surface area contributed by atoms with E-state index in [9.17, 15) is 4.79 Å². The second-order valence-electron chi connectivity index (χ2n) is 4.63.